The Morgan fingerprint density at radius 3 is 2.85 bits per heavy atom. The van der Waals surface area contributed by atoms with Crippen LogP contribution in [0.3, 0.4) is 0 Å². The van der Waals surface area contributed by atoms with Gasteiger partial charge in [-0.05, 0) is 11.6 Å². The van der Waals surface area contributed by atoms with E-state index in [0.717, 1.165) is 6.08 Å². The van der Waals surface area contributed by atoms with Crippen LogP contribution in [0, 0.1) is 0 Å². The Labute approximate surface area is 75.1 Å². The van der Waals surface area contributed by atoms with Gasteiger partial charge in [-0.15, -0.1) is 0 Å². The maximum atomic E-state index is 10.0. The Morgan fingerprint density at radius 1 is 1.54 bits per heavy atom. The first-order valence-corrected chi connectivity index (χ1v) is 3.75. The summed E-state index contributed by atoms with van der Waals surface area (Å²) in [5.41, 5.74) is 0.346. The molecule has 0 aliphatic heterocycles. The summed E-state index contributed by atoms with van der Waals surface area (Å²) in [6.07, 6.45) is 4.45. The van der Waals surface area contributed by atoms with Crippen molar-refractivity contribution < 1.29 is 20.1 Å². The molecule has 0 aromatic heterocycles. The van der Waals surface area contributed by atoms with Crippen molar-refractivity contribution in [2.45, 2.75) is 12.2 Å². The first-order chi connectivity index (χ1) is 6.11. The number of hydrogen-bond acceptors (Lipinski definition) is 4. The number of carboxylic acid groups (broad SMARTS) is 1. The molecule has 0 heterocycles. The van der Waals surface area contributed by atoms with E-state index in [4.69, 9.17) is 5.11 Å². The highest BCUT2D eigenvalue weighted by Crippen LogP contribution is 2.14. The van der Waals surface area contributed by atoms with Gasteiger partial charge in [0.2, 0.25) is 0 Å². The van der Waals surface area contributed by atoms with Gasteiger partial charge >= 0.3 is 0 Å². The van der Waals surface area contributed by atoms with Crippen LogP contribution in [0.15, 0.2) is 36.0 Å². The second-order valence-electron chi connectivity index (χ2n) is 2.64. The summed E-state index contributed by atoms with van der Waals surface area (Å²) in [4.78, 5) is 10.0. The summed E-state index contributed by atoms with van der Waals surface area (Å²) >= 11 is 0. The van der Waals surface area contributed by atoms with Crippen LogP contribution < -0.4 is 5.11 Å². The van der Waals surface area contributed by atoms with Crippen LogP contribution in [0.1, 0.15) is 0 Å². The number of aliphatic hydroxyl groups excluding tert-OH is 2. The van der Waals surface area contributed by atoms with E-state index in [2.05, 4.69) is 0 Å². The Hall–Kier alpha value is -1.39. The minimum absolute atomic E-state index is 0.346. The number of carbonyl (C=O) groups excluding carboxylic acids is 1. The fraction of sp³-hybridized carbons (Fsp3) is 0.222. The molecule has 1 aliphatic rings. The van der Waals surface area contributed by atoms with Crippen molar-refractivity contribution in [3.63, 3.8) is 0 Å². The molecule has 0 saturated carbocycles. The predicted molar refractivity (Wildman–Crippen MR) is 43.4 cm³/mol. The highest BCUT2D eigenvalue weighted by molar-refractivity contribution is 5.78. The van der Waals surface area contributed by atoms with Gasteiger partial charge in [-0.3, -0.25) is 0 Å². The van der Waals surface area contributed by atoms with Crippen LogP contribution in [-0.4, -0.2) is 28.4 Å². The summed E-state index contributed by atoms with van der Waals surface area (Å²) in [5, 5.41) is 28.5. The van der Waals surface area contributed by atoms with Gasteiger partial charge in [-0.1, -0.05) is 24.3 Å². The minimum Gasteiger partial charge on any atom is -0.545 e. The van der Waals surface area contributed by atoms with E-state index in [1.807, 2.05) is 0 Å². The molecule has 70 valence electrons. The zero-order valence-electron chi connectivity index (χ0n) is 6.75. The quantitative estimate of drug-likeness (QED) is 0.508. The molecule has 0 saturated heterocycles. The van der Waals surface area contributed by atoms with E-state index in [9.17, 15) is 15.0 Å². The largest absolute Gasteiger partial charge is 0.545 e. The van der Waals surface area contributed by atoms with Gasteiger partial charge in [-0.25, -0.2) is 0 Å². The monoisotopic (exact) mass is 181 g/mol. The second kappa shape index (κ2) is 4.02. The van der Waals surface area contributed by atoms with Gasteiger partial charge in [0.05, 0.1) is 5.97 Å². The van der Waals surface area contributed by atoms with Crippen LogP contribution in [0.4, 0.5) is 0 Å². The molecule has 1 aliphatic carbocycles. The predicted octanol–water partition coefficient (Wildman–Crippen LogP) is -1.49. The Balaban J connectivity index is 2.74. The lowest BCUT2D eigenvalue weighted by Crippen LogP contribution is -2.27. The molecular formula is C9H9O4-. The topological polar surface area (TPSA) is 80.6 Å². The molecule has 0 fully saturated rings. The van der Waals surface area contributed by atoms with Gasteiger partial charge in [0.25, 0.3) is 0 Å². The van der Waals surface area contributed by atoms with Crippen LogP contribution in [-0.2, 0) is 4.79 Å². The first kappa shape index (κ1) is 9.70. The molecule has 0 aromatic rings. The summed E-state index contributed by atoms with van der Waals surface area (Å²) in [5.74, 6) is -1.34. The lowest BCUT2D eigenvalue weighted by Gasteiger charge is -2.18. The smallest absolute Gasteiger partial charge is 0.108 e. The molecule has 0 radical (unpaired) electrons. The van der Waals surface area contributed by atoms with Crippen molar-refractivity contribution in [3.05, 3.63) is 36.0 Å². The Bertz CT molecular complexity index is 288. The molecule has 0 aromatic carbocycles. The molecular weight excluding hydrogens is 172 g/mol. The normalized spacial score (nSPS) is 27.7. The third-order valence-electron chi connectivity index (χ3n) is 1.67. The van der Waals surface area contributed by atoms with Crippen LogP contribution in [0.5, 0.6) is 0 Å². The van der Waals surface area contributed by atoms with Crippen LogP contribution in [0.25, 0.3) is 0 Å². The van der Waals surface area contributed by atoms with Gasteiger partial charge in [0.15, 0.2) is 0 Å². The van der Waals surface area contributed by atoms with E-state index >= 15 is 0 Å². The fourth-order valence-electron chi connectivity index (χ4n) is 1.000. The van der Waals surface area contributed by atoms with Crippen LogP contribution in [0.2, 0.25) is 0 Å². The molecule has 4 heteroatoms. The zero-order valence-corrected chi connectivity index (χ0v) is 6.75. The van der Waals surface area contributed by atoms with Crippen molar-refractivity contribution >= 4 is 5.97 Å². The zero-order chi connectivity index (χ0) is 9.84. The highest BCUT2D eigenvalue weighted by atomic mass is 16.4. The summed E-state index contributed by atoms with van der Waals surface area (Å²) in [7, 11) is 0. The molecule has 13 heavy (non-hydrogen) atoms. The highest BCUT2D eigenvalue weighted by Gasteiger charge is 2.18. The van der Waals surface area contributed by atoms with Crippen molar-refractivity contribution in [1.82, 2.24) is 0 Å². The van der Waals surface area contributed by atoms with Gasteiger partial charge in [-0.2, -0.15) is 0 Å². The van der Waals surface area contributed by atoms with Gasteiger partial charge < -0.3 is 20.1 Å². The number of hydrogen-bond donors (Lipinski definition) is 2. The Kier molecular flexibility index (Phi) is 3.00. The van der Waals surface area contributed by atoms with Crippen molar-refractivity contribution in [3.8, 4) is 0 Å². The molecule has 4 nitrogen and oxygen atoms in total. The number of carboxylic acids is 1. The van der Waals surface area contributed by atoms with E-state index in [-0.39, 0.29) is 0 Å². The lowest BCUT2D eigenvalue weighted by molar-refractivity contribution is -0.297. The number of aliphatic hydroxyl groups is 2. The van der Waals surface area contributed by atoms with Gasteiger partial charge in [0, 0.05) is 0 Å². The van der Waals surface area contributed by atoms with E-state index in [1.165, 1.54) is 18.2 Å². The standard InChI is InChI=1S/C9H10O4/c10-7-3-1-2-6(9(7)13)4-5-8(11)12/h1-5,7,9-10,13H,(H,11,12)/p-1. The molecule has 0 bridgehead atoms. The third kappa shape index (κ3) is 2.54. The Morgan fingerprint density at radius 2 is 2.23 bits per heavy atom. The number of carbonyl (C=O) groups is 1. The molecule has 1 rings (SSSR count). The molecule has 2 N–H and O–H groups in total. The number of aliphatic carboxylic acids is 1. The van der Waals surface area contributed by atoms with E-state index in [1.54, 1.807) is 6.08 Å². The van der Waals surface area contributed by atoms with Crippen molar-refractivity contribution in [2.24, 2.45) is 0 Å². The average molecular weight is 181 g/mol. The van der Waals surface area contributed by atoms with E-state index in [0.29, 0.717) is 5.57 Å². The molecule has 0 spiro atoms. The summed E-state index contributed by atoms with van der Waals surface area (Å²) < 4.78 is 0. The van der Waals surface area contributed by atoms with Crippen molar-refractivity contribution in [2.75, 3.05) is 0 Å². The fourth-order valence-corrected chi connectivity index (χ4v) is 1.000. The lowest BCUT2D eigenvalue weighted by atomic mass is 9.99. The summed E-state index contributed by atoms with van der Waals surface area (Å²) in [6, 6.07) is 0. The molecule has 2 atom stereocenters. The maximum Gasteiger partial charge on any atom is 0.108 e. The SMILES string of the molecule is O=C([O-])C=CC1=CC=CC(O)C1O. The maximum absolute atomic E-state index is 10.0. The minimum atomic E-state index is -1.34. The van der Waals surface area contributed by atoms with Crippen LogP contribution >= 0.6 is 0 Å². The second-order valence-corrected chi connectivity index (χ2v) is 2.64. The van der Waals surface area contributed by atoms with Gasteiger partial charge in [0.1, 0.15) is 12.2 Å². The first-order valence-electron chi connectivity index (χ1n) is 3.75. The third-order valence-corrected chi connectivity index (χ3v) is 1.67. The number of allylic oxidation sites excluding steroid dienone is 2. The van der Waals surface area contributed by atoms with E-state index < -0.39 is 18.2 Å². The molecule has 0 amide bonds. The number of rotatable bonds is 2. The average Bonchev–Trinajstić information content (AvgIpc) is 2.07. The van der Waals surface area contributed by atoms with Crippen molar-refractivity contribution in [1.29, 1.82) is 0 Å². The summed E-state index contributed by atoms with van der Waals surface area (Å²) in [6.45, 7) is 0. The molecule has 2 unspecified atom stereocenters.